The highest BCUT2D eigenvalue weighted by Crippen LogP contribution is 2.39. The number of rotatable bonds is 3. The van der Waals surface area contributed by atoms with Crippen molar-refractivity contribution in [2.45, 2.75) is 35.1 Å². The number of fused-ring (bicyclic) bond motifs is 1. The number of nitrogens with one attached hydrogen (secondary N) is 1. The van der Waals surface area contributed by atoms with Crippen molar-refractivity contribution < 1.29 is 9.90 Å². The smallest absolute Gasteiger partial charge is 0.323 e. The van der Waals surface area contributed by atoms with Crippen molar-refractivity contribution in [2.24, 2.45) is 5.73 Å². The van der Waals surface area contributed by atoms with Gasteiger partial charge in [-0.25, -0.2) is 0 Å². The third-order valence-corrected chi connectivity index (χ3v) is 4.94. The standard InChI is InChI=1S/C14H16N2O2S/c15-14(13(17)18)6-5-10(8-14)19-12-7-9-3-1-2-4-11(9)16-12/h1-4,7,10,16H,5-6,8,15H2,(H,17,18). The first-order valence-corrected chi connectivity index (χ1v) is 7.21. The van der Waals surface area contributed by atoms with Gasteiger partial charge < -0.3 is 15.8 Å². The van der Waals surface area contributed by atoms with E-state index in [1.54, 1.807) is 11.8 Å². The van der Waals surface area contributed by atoms with Gasteiger partial charge in [-0.15, -0.1) is 11.8 Å². The molecule has 2 unspecified atom stereocenters. The first-order chi connectivity index (χ1) is 9.07. The van der Waals surface area contributed by atoms with Crippen molar-refractivity contribution in [3.8, 4) is 0 Å². The van der Waals surface area contributed by atoms with E-state index in [-0.39, 0.29) is 5.25 Å². The molecule has 1 heterocycles. The molecule has 0 aliphatic heterocycles. The Hall–Kier alpha value is -1.46. The molecule has 100 valence electrons. The predicted molar refractivity (Wildman–Crippen MR) is 76.3 cm³/mol. The minimum atomic E-state index is -1.04. The molecule has 2 aromatic rings. The number of thioether (sulfide) groups is 1. The summed E-state index contributed by atoms with van der Waals surface area (Å²) in [6.45, 7) is 0. The summed E-state index contributed by atoms with van der Waals surface area (Å²) in [6.07, 6.45) is 1.94. The fraction of sp³-hybridized carbons (Fsp3) is 0.357. The number of hydrogen-bond acceptors (Lipinski definition) is 3. The van der Waals surface area contributed by atoms with E-state index >= 15 is 0 Å². The Labute approximate surface area is 115 Å². The Balaban J connectivity index is 1.74. The van der Waals surface area contributed by atoms with Crippen molar-refractivity contribution in [2.75, 3.05) is 0 Å². The van der Waals surface area contributed by atoms with Gasteiger partial charge in [-0.2, -0.15) is 0 Å². The fourth-order valence-corrected chi connectivity index (χ4v) is 3.95. The minimum Gasteiger partial charge on any atom is -0.480 e. The lowest BCUT2D eigenvalue weighted by Gasteiger charge is -2.17. The second kappa shape index (κ2) is 4.58. The third-order valence-electron chi connectivity index (χ3n) is 3.73. The van der Waals surface area contributed by atoms with Crippen LogP contribution in [0.25, 0.3) is 10.9 Å². The van der Waals surface area contributed by atoms with Gasteiger partial charge in [-0.05, 0) is 31.4 Å². The maximum absolute atomic E-state index is 11.1. The van der Waals surface area contributed by atoms with Crippen LogP contribution in [0.5, 0.6) is 0 Å². The molecule has 0 radical (unpaired) electrons. The number of benzene rings is 1. The molecule has 1 aliphatic rings. The molecule has 5 heteroatoms. The average molecular weight is 276 g/mol. The molecule has 2 atom stereocenters. The summed E-state index contributed by atoms with van der Waals surface area (Å²) in [5.74, 6) is -0.882. The number of nitrogens with two attached hydrogens (primary N) is 1. The molecule has 1 fully saturated rings. The molecule has 1 aromatic carbocycles. The molecule has 1 aliphatic carbocycles. The van der Waals surface area contributed by atoms with Crippen molar-refractivity contribution in [3.05, 3.63) is 30.3 Å². The number of aromatic nitrogens is 1. The fourth-order valence-electron chi connectivity index (χ4n) is 2.61. The number of carboxylic acid groups (broad SMARTS) is 1. The zero-order valence-corrected chi connectivity index (χ0v) is 11.2. The van der Waals surface area contributed by atoms with Crippen molar-refractivity contribution in [3.63, 3.8) is 0 Å². The first-order valence-electron chi connectivity index (χ1n) is 6.33. The number of aliphatic carboxylic acids is 1. The molecular weight excluding hydrogens is 260 g/mol. The zero-order chi connectivity index (χ0) is 13.5. The number of carboxylic acids is 1. The zero-order valence-electron chi connectivity index (χ0n) is 10.4. The molecule has 0 amide bonds. The summed E-state index contributed by atoms with van der Waals surface area (Å²) in [5.41, 5.74) is 5.97. The van der Waals surface area contributed by atoms with Gasteiger partial charge in [0, 0.05) is 16.2 Å². The van der Waals surface area contributed by atoms with Gasteiger partial charge in [-0.1, -0.05) is 18.2 Å². The van der Waals surface area contributed by atoms with E-state index in [9.17, 15) is 4.79 Å². The molecule has 4 nitrogen and oxygen atoms in total. The normalized spacial score (nSPS) is 26.9. The van der Waals surface area contributed by atoms with E-state index in [2.05, 4.69) is 17.1 Å². The van der Waals surface area contributed by atoms with Gasteiger partial charge in [0.1, 0.15) is 5.54 Å². The summed E-state index contributed by atoms with van der Waals surface area (Å²) in [4.78, 5) is 14.5. The second-order valence-corrected chi connectivity index (χ2v) is 6.51. The summed E-state index contributed by atoms with van der Waals surface area (Å²) >= 11 is 1.70. The van der Waals surface area contributed by atoms with Gasteiger partial charge in [0.15, 0.2) is 0 Å². The SMILES string of the molecule is NC1(C(=O)O)CCC(Sc2cc3ccccc3[nH]2)C1. The van der Waals surface area contributed by atoms with Crippen LogP contribution in [0.15, 0.2) is 35.4 Å². The maximum atomic E-state index is 11.1. The largest absolute Gasteiger partial charge is 0.480 e. The van der Waals surface area contributed by atoms with Crippen LogP contribution in [0.4, 0.5) is 0 Å². The van der Waals surface area contributed by atoms with Gasteiger partial charge in [0.2, 0.25) is 0 Å². The first kappa shape index (κ1) is 12.6. The molecule has 0 spiro atoms. The van der Waals surface area contributed by atoms with Crippen LogP contribution in [0, 0.1) is 0 Å². The number of hydrogen-bond donors (Lipinski definition) is 3. The van der Waals surface area contributed by atoms with E-state index < -0.39 is 11.5 Å². The summed E-state index contributed by atoms with van der Waals surface area (Å²) in [5, 5.41) is 11.7. The van der Waals surface area contributed by atoms with E-state index in [4.69, 9.17) is 10.8 Å². The molecule has 1 saturated carbocycles. The summed E-state index contributed by atoms with van der Waals surface area (Å²) in [6, 6.07) is 10.2. The van der Waals surface area contributed by atoms with Crippen LogP contribution < -0.4 is 5.73 Å². The highest BCUT2D eigenvalue weighted by Gasteiger charge is 2.42. The Morgan fingerprint density at radius 2 is 2.26 bits per heavy atom. The quantitative estimate of drug-likeness (QED) is 0.805. The second-order valence-electron chi connectivity index (χ2n) is 5.16. The van der Waals surface area contributed by atoms with Crippen LogP contribution in [0.3, 0.4) is 0 Å². The molecule has 0 bridgehead atoms. The monoisotopic (exact) mass is 276 g/mol. The molecule has 4 N–H and O–H groups in total. The van der Waals surface area contributed by atoms with E-state index in [1.807, 2.05) is 18.2 Å². The average Bonchev–Trinajstić information content (AvgIpc) is 2.93. The number of H-pyrrole nitrogens is 1. The molecule has 3 rings (SSSR count). The van der Waals surface area contributed by atoms with Crippen molar-refractivity contribution in [1.29, 1.82) is 0 Å². The van der Waals surface area contributed by atoms with Crippen LogP contribution in [0.2, 0.25) is 0 Å². The Morgan fingerprint density at radius 1 is 1.47 bits per heavy atom. The van der Waals surface area contributed by atoms with Gasteiger partial charge >= 0.3 is 5.97 Å². The lowest BCUT2D eigenvalue weighted by Crippen LogP contribution is -2.45. The van der Waals surface area contributed by atoms with Crippen molar-refractivity contribution in [1.82, 2.24) is 4.98 Å². The Kier molecular flexibility index (Phi) is 3.03. The molecule has 19 heavy (non-hydrogen) atoms. The van der Waals surface area contributed by atoms with Crippen LogP contribution in [0.1, 0.15) is 19.3 Å². The maximum Gasteiger partial charge on any atom is 0.323 e. The summed E-state index contributed by atoms with van der Waals surface area (Å²) < 4.78 is 0. The molecular formula is C14H16N2O2S. The number of aromatic amines is 1. The third kappa shape index (κ3) is 2.35. The Morgan fingerprint density at radius 3 is 2.95 bits per heavy atom. The van der Waals surface area contributed by atoms with Crippen LogP contribution >= 0.6 is 11.8 Å². The van der Waals surface area contributed by atoms with E-state index in [0.717, 1.165) is 17.0 Å². The topological polar surface area (TPSA) is 79.1 Å². The number of para-hydroxylation sites is 1. The summed E-state index contributed by atoms with van der Waals surface area (Å²) in [7, 11) is 0. The van der Waals surface area contributed by atoms with Crippen molar-refractivity contribution >= 4 is 28.6 Å². The van der Waals surface area contributed by atoms with Gasteiger partial charge in [0.25, 0.3) is 0 Å². The lowest BCUT2D eigenvalue weighted by atomic mass is 10.0. The van der Waals surface area contributed by atoms with E-state index in [1.165, 1.54) is 5.39 Å². The van der Waals surface area contributed by atoms with Crippen LogP contribution in [-0.4, -0.2) is 26.8 Å². The lowest BCUT2D eigenvalue weighted by molar-refractivity contribution is -0.143. The highest BCUT2D eigenvalue weighted by atomic mass is 32.2. The molecule has 0 saturated heterocycles. The highest BCUT2D eigenvalue weighted by molar-refractivity contribution is 7.99. The Bertz CT molecular complexity index is 592. The number of carbonyl (C=O) groups is 1. The minimum absolute atomic E-state index is 0.272. The van der Waals surface area contributed by atoms with Gasteiger partial charge in [0.05, 0.1) is 5.03 Å². The molecule has 1 aromatic heterocycles. The van der Waals surface area contributed by atoms with Crippen LogP contribution in [-0.2, 0) is 4.79 Å². The van der Waals surface area contributed by atoms with Gasteiger partial charge in [-0.3, -0.25) is 4.79 Å². The van der Waals surface area contributed by atoms with E-state index in [0.29, 0.717) is 12.8 Å². The predicted octanol–water partition coefficient (Wildman–Crippen LogP) is 2.59.